The number of thiophene rings is 1. The van der Waals surface area contributed by atoms with Crippen molar-refractivity contribution in [1.82, 2.24) is 15.1 Å². The predicted octanol–water partition coefficient (Wildman–Crippen LogP) is 4.55. The molecule has 0 saturated carbocycles. The number of rotatable bonds is 3. The van der Waals surface area contributed by atoms with E-state index in [2.05, 4.69) is 15.1 Å². The Morgan fingerprint density at radius 2 is 2.08 bits per heavy atom. The van der Waals surface area contributed by atoms with Crippen LogP contribution in [0.4, 0.5) is 0 Å². The molecular formula is C17H11Cl2N3O3S. The molecule has 0 aliphatic rings. The van der Waals surface area contributed by atoms with Crippen LogP contribution in [0.1, 0.15) is 17.0 Å². The zero-order valence-corrected chi connectivity index (χ0v) is 15.7. The molecule has 132 valence electrons. The van der Waals surface area contributed by atoms with Crippen LogP contribution in [0.2, 0.25) is 10.0 Å². The number of aromatic hydroxyl groups is 1. The fourth-order valence-corrected chi connectivity index (χ4v) is 4.19. The van der Waals surface area contributed by atoms with Gasteiger partial charge in [0.15, 0.2) is 5.76 Å². The lowest BCUT2D eigenvalue weighted by molar-refractivity contribution is 0.365. The Balaban J connectivity index is 1.79. The Hall–Kier alpha value is -2.35. The number of nitrogens with one attached hydrogen (secondary N) is 1. The van der Waals surface area contributed by atoms with Crippen LogP contribution in [0.5, 0.6) is 5.88 Å². The van der Waals surface area contributed by atoms with Gasteiger partial charge in [0, 0.05) is 6.42 Å². The van der Waals surface area contributed by atoms with Gasteiger partial charge in [0.05, 0.1) is 26.4 Å². The van der Waals surface area contributed by atoms with Gasteiger partial charge in [-0.1, -0.05) is 29.3 Å². The summed E-state index contributed by atoms with van der Waals surface area (Å²) in [6, 6.07) is 6.69. The number of nitrogens with zero attached hydrogens (tertiary/aromatic N) is 2. The number of benzene rings is 1. The van der Waals surface area contributed by atoms with Crippen molar-refractivity contribution < 1.29 is 9.63 Å². The van der Waals surface area contributed by atoms with Crippen molar-refractivity contribution in [3.05, 3.63) is 61.6 Å². The number of halogens is 2. The lowest BCUT2D eigenvalue weighted by atomic mass is 10.1. The summed E-state index contributed by atoms with van der Waals surface area (Å²) in [6.45, 7) is 1.81. The molecule has 26 heavy (non-hydrogen) atoms. The first-order valence-corrected chi connectivity index (χ1v) is 9.12. The summed E-state index contributed by atoms with van der Waals surface area (Å²) in [5.74, 6) is 0.710. The van der Waals surface area contributed by atoms with Crippen LogP contribution < -0.4 is 5.56 Å². The summed E-state index contributed by atoms with van der Waals surface area (Å²) < 4.78 is 5.09. The normalized spacial score (nSPS) is 11.3. The van der Waals surface area contributed by atoms with Crippen molar-refractivity contribution in [2.24, 2.45) is 0 Å². The Morgan fingerprint density at radius 1 is 1.27 bits per heavy atom. The van der Waals surface area contributed by atoms with E-state index in [9.17, 15) is 9.90 Å². The standard InChI is InChI=1S/C17H11Cl2N3O3S/c1-7-14-16(24)20-12(5-8-2-3-9(18)10(19)4-8)21-17(14)26-15(7)11-6-13(23)22-25-11/h2-4,6H,5H2,1H3,(H,22,23)(H,20,21,24). The Kier molecular flexibility index (Phi) is 4.22. The zero-order valence-electron chi connectivity index (χ0n) is 13.3. The molecule has 1 aromatic carbocycles. The van der Waals surface area contributed by atoms with Gasteiger partial charge in [-0.2, -0.15) is 0 Å². The summed E-state index contributed by atoms with van der Waals surface area (Å²) in [5, 5.41) is 14.3. The smallest absolute Gasteiger partial charge is 0.259 e. The highest BCUT2D eigenvalue weighted by Gasteiger charge is 2.19. The Morgan fingerprint density at radius 3 is 2.77 bits per heavy atom. The summed E-state index contributed by atoms with van der Waals surface area (Å²) in [4.78, 5) is 21.2. The van der Waals surface area contributed by atoms with Gasteiger partial charge in [0.25, 0.3) is 11.4 Å². The van der Waals surface area contributed by atoms with E-state index in [0.29, 0.717) is 43.1 Å². The van der Waals surface area contributed by atoms with Gasteiger partial charge in [-0.3, -0.25) is 4.79 Å². The highest BCUT2D eigenvalue weighted by atomic mass is 35.5. The van der Waals surface area contributed by atoms with Crippen LogP contribution in [0.3, 0.4) is 0 Å². The third-order valence-electron chi connectivity index (χ3n) is 3.93. The second kappa shape index (κ2) is 6.42. The first-order valence-electron chi connectivity index (χ1n) is 7.54. The van der Waals surface area contributed by atoms with Crippen LogP contribution in [-0.4, -0.2) is 20.2 Å². The maximum Gasteiger partial charge on any atom is 0.259 e. The number of aromatic nitrogens is 3. The van der Waals surface area contributed by atoms with E-state index in [0.717, 1.165) is 11.1 Å². The molecule has 4 rings (SSSR count). The summed E-state index contributed by atoms with van der Waals surface area (Å²) in [7, 11) is 0. The quantitative estimate of drug-likeness (QED) is 0.519. The number of hydrogen-bond acceptors (Lipinski definition) is 6. The third kappa shape index (κ3) is 2.98. The van der Waals surface area contributed by atoms with Crippen molar-refractivity contribution in [3.63, 3.8) is 0 Å². The number of fused-ring (bicyclic) bond motifs is 1. The summed E-state index contributed by atoms with van der Waals surface area (Å²) in [6.07, 6.45) is 0.414. The lowest BCUT2D eigenvalue weighted by Gasteiger charge is -2.03. The molecule has 0 radical (unpaired) electrons. The van der Waals surface area contributed by atoms with E-state index in [-0.39, 0.29) is 11.4 Å². The van der Waals surface area contributed by atoms with Crippen LogP contribution in [0, 0.1) is 6.92 Å². The molecule has 0 aliphatic carbocycles. The second-order valence-electron chi connectivity index (χ2n) is 5.72. The molecule has 3 heterocycles. The molecule has 2 N–H and O–H groups in total. The maximum absolute atomic E-state index is 12.5. The van der Waals surface area contributed by atoms with Crippen molar-refractivity contribution in [3.8, 4) is 16.5 Å². The molecule has 6 nitrogen and oxygen atoms in total. The van der Waals surface area contributed by atoms with Gasteiger partial charge in [-0.05, 0) is 35.3 Å². The van der Waals surface area contributed by atoms with Gasteiger partial charge < -0.3 is 14.6 Å². The highest BCUT2D eigenvalue weighted by Crippen LogP contribution is 2.36. The van der Waals surface area contributed by atoms with Crippen molar-refractivity contribution in [2.45, 2.75) is 13.3 Å². The fourth-order valence-electron chi connectivity index (χ4n) is 2.72. The molecule has 4 aromatic rings. The zero-order chi connectivity index (χ0) is 18.4. The topological polar surface area (TPSA) is 92.0 Å². The molecule has 0 unspecified atom stereocenters. The third-order valence-corrected chi connectivity index (χ3v) is 5.87. The monoisotopic (exact) mass is 407 g/mol. The van der Waals surface area contributed by atoms with E-state index in [1.54, 1.807) is 12.1 Å². The minimum Gasteiger partial charge on any atom is -0.491 e. The van der Waals surface area contributed by atoms with Gasteiger partial charge in [-0.15, -0.1) is 11.3 Å². The number of aryl methyl sites for hydroxylation is 1. The molecular weight excluding hydrogens is 397 g/mol. The minimum absolute atomic E-state index is 0.209. The molecule has 0 fully saturated rings. The number of aromatic amines is 1. The van der Waals surface area contributed by atoms with Crippen molar-refractivity contribution in [1.29, 1.82) is 0 Å². The average molecular weight is 408 g/mol. The highest BCUT2D eigenvalue weighted by molar-refractivity contribution is 7.22. The number of hydrogen-bond donors (Lipinski definition) is 2. The van der Waals surface area contributed by atoms with Crippen molar-refractivity contribution in [2.75, 3.05) is 0 Å². The maximum atomic E-state index is 12.5. The van der Waals surface area contributed by atoms with Crippen LogP contribution in [0.25, 0.3) is 20.9 Å². The first kappa shape index (κ1) is 17.1. The molecule has 9 heteroatoms. The van der Waals surface area contributed by atoms with Crippen molar-refractivity contribution >= 4 is 44.8 Å². The SMILES string of the molecule is Cc1c(-c2cc(O)no2)sc2nc(Cc3ccc(Cl)c(Cl)c3)[nH]c(=O)c12. The Labute approximate surface area is 161 Å². The average Bonchev–Trinajstić information content (AvgIpc) is 3.15. The van der Waals surface area contributed by atoms with E-state index in [4.69, 9.17) is 27.7 Å². The van der Waals surface area contributed by atoms with Gasteiger partial charge in [0.2, 0.25) is 0 Å². The second-order valence-corrected chi connectivity index (χ2v) is 7.54. The number of H-pyrrole nitrogens is 1. The molecule has 0 atom stereocenters. The molecule has 0 aliphatic heterocycles. The molecule has 0 saturated heterocycles. The molecule has 3 aromatic heterocycles. The van der Waals surface area contributed by atoms with Gasteiger partial charge in [0.1, 0.15) is 10.7 Å². The molecule has 0 amide bonds. The fraction of sp³-hybridized carbons (Fsp3) is 0.118. The largest absolute Gasteiger partial charge is 0.491 e. The van der Waals surface area contributed by atoms with Crippen LogP contribution in [0.15, 0.2) is 33.6 Å². The van der Waals surface area contributed by atoms with E-state index in [1.165, 1.54) is 17.4 Å². The van der Waals surface area contributed by atoms with Crippen LogP contribution in [-0.2, 0) is 6.42 Å². The summed E-state index contributed by atoms with van der Waals surface area (Å²) >= 11 is 13.3. The molecule has 0 bridgehead atoms. The molecule has 0 spiro atoms. The van der Waals surface area contributed by atoms with E-state index >= 15 is 0 Å². The van der Waals surface area contributed by atoms with E-state index < -0.39 is 0 Å². The predicted molar refractivity (Wildman–Crippen MR) is 101 cm³/mol. The lowest BCUT2D eigenvalue weighted by Crippen LogP contribution is -2.11. The minimum atomic E-state index is -0.228. The van der Waals surface area contributed by atoms with E-state index in [1.807, 2.05) is 13.0 Å². The van der Waals surface area contributed by atoms with Gasteiger partial charge in [-0.25, -0.2) is 4.98 Å². The Bertz CT molecular complexity index is 1200. The summed E-state index contributed by atoms with van der Waals surface area (Å²) in [5.41, 5.74) is 1.39. The van der Waals surface area contributed by atoms with Crippen LogP contribution >= 0.6 is 34.5 Å². The first-order chi connectivity index (χ1) is 12.4. The van der Waals surface area contributed by atoms with Gasteiger partial charge >= 0.3 is 0 Å².